The van der Waals surface area contributed by atoms with E-state index in [0.29, 0.717) is 5.95 Å². The van der Waals surface area contributed by atoms with Gasteiger partial charge in [0.2, 0.25) is 5.95 Å². The third-order valence-corrected chi connectivity index (χ3v) is 5.04. The fourth-order valence-electron chi connectivity index (χ4n) is 1.87. The Balaban J connectivity index is 2.14. The fraction of sp³-hybridized carbons (Fsp3) is 0.538. The van der Waals surface area contributed by atoms with Gasteiger partial charge in [-0.15, -0.1) is 11.3 Å². The number of nitrogens with two attached hydrogens (primary N) is 1. The average molecular weight is 311 g/mol. The Labute approximate surface area is 127 Å². The van der Waals surface area contributed by atoms with E-state index in [0.717, 1.165) is 35.4 Å². The topological polar surface area (TPSA) is 75.9 Å². The van der Waals surface area contributed by atoms with Crippen molar-refractivity contribution in [3.63, 3.8) is 0 Å². The zero-order chi connectivity index (χ0) is 14.4. The van der Waals surface area contributed by atoms with E-state index in [9.17, 15) is 0 Å². The molecule has 0 saturated carbocycles. The number of anilines is 2. The number of nitrogens with one attached hydrogen (secondary N) is 2. The normalized spacial score (nSPS) is 10.9. The minimum atomic E-state index is 0.465. The van der Waals surface area contributed by atoms with E-state index < -0.39 is 0 Å². The Morgan fingerprint density at radius 2 is 2.20 bits per heavy atom. The van der Waals surface area contributed by atoms with Crippen molar-refractivity contribution >= 4 is 45.1 Å². The second-order valence-electron chi connectivity index (χ2n) is 4.30. The number of aryl methyl sites for hydroxylation is 1. The predicted molar refractivity (Wildman–Crippen MR) is 90.7 cm³/mol. The molecule has 4 N–H and O–H groups in total. The first-order valence-corrected chi connectivity index (χ1v) is 8.84. The van der Waals surface area contributed by atoms with Gasteiger partial charge in [0.15, 0.2) is 0 Å². The molecule has 7 heteroatoms. The van der Waals surface area contributed by atoms with Crippen molar-refractivity contribution in [1.29, 1.82) is 0 Å². The van der Waals surface area contributed by atoms with Crippen LogP contribution in [0.1, 0.15) is 25.1 Å². The molecule has 5 nitrogen and oxygen atoms in total. The first-order chi connectivity index (χ1) is 9.78. The molecule has 0 atom stereocenters. The highest BCUT2D eigenvalue weighted by Gasteiger charge is 2.10. The summed E-state index contributed by atoms with van der Waals surface area (Å²) in [6, 6.07) is 2.17. The lowest BCUT2D eigenvalue weighted by Gasteiger charge is -2.08. The Morgan fingerprint density at radius 3 is 2.90 bits per heavy atom. The summed E-state index contributed by atoms with van der Waals surface area (Å²) in [6.07, 6.45) is 2.14. The van der Waals surface area contributed by atoms with Gasteiger partial charge in [0.25, 0.3) is 0 Å². The number of thiophene rings is 1. The van der Waals surface area contributed by atoms with Gasteiger partial charge in [-0.1, -0.05) is 13.8 Å². The number of rotatable bonds is 8. The van der Waals surface area contributed by atoms with E-state index in [1.807, 2.05) is 11.8 Å². The van der Waals surface area contributed by atoms with Crippen LogP contribution < -0.4 is 16.6 Å². The van der Waals surface area contributed by atoms with Gasteiger partial charge in [0.1, 0.15) is 10.6 Å². The van der Waals surface area contributed by atoms with E-state index in [2.05, 4.69) is 40.6 Å². The largest absolute Gasteiger partial charge is 0.369 e. The molecular formula is C13H21N5S2. The number of nitrogen functional groups attached to an aromatic ring is 1. The van der Waals surface area contributed by atoms with E-state index in [1.54, 1.807) is 11.3 Å². The monoisotopic (exact) mass is 311 g/mol. The molecule has 0 fully saturated rings. The summed E-state index contributed by atoms with van der Waals surface area (Å²) in [5, 5.41) is 4.50. The van der Waals surface area contributed by atoms with E-state index in [4.69, 9.17) is 5.84 Å². The van der Waals surface area contributed by atoms with Crippen LogP contribution in [0, 0.1) is 0 Å². The molecule has 0 saturated heterocycles. The van der Waals surface area contributed by atoms with Gasteiger partial charge >= 0.3 is 0 Å². The van der Waals surface area contributed by atoms with Crippen molar-refractivity contribution < 1.29 is 0 Å². The maximum absolute atomic E-state index is 5.44. The van der Waals surface area contributed by atoms with Crippen LogP contribution in [0.2, 0.25) is 0 Å². The minimum Gasteiger partial charge on any atom is -0.369 e. The second-order valence-corrected chi connectivity index (χ2v) is 6.81. The van der Waals surface area contributed by atoms with Gasteiger partial charge in [0, 0.05) is 11.4 Å². The molecule has 2 heterocycles. The molecule has 2 aromatic rings. The first kappa shape index (κ1) is 15.3. The summed E-state index contributed by atoms with van der Waals surface area (Å²) in [5.74, 6) is 9.12. The third kappa shape index (κ3) is 3.74. The van der Waals surface area contributed by atoms with Gasteiger partial charge < -0.3 is 5.32 Å². The fourth-order valence-corrected chi connectivity index (χ4v) is 3.47. The summed E-state index contributed by atoms with van der Waals surface area (Å²) in [4.78, 5) is 11.1. The van der Waals surface area contributed by atoms with E-state index in [1.165, 1.54) is 16.4 Å². The highest BCUT2D eigenvalue weighted by Crippen LogP contribution is 2.30. The lowest BCUT2D eigenvalue weighted by molar-refractivity contribution is 0.980. The van der Waals surface area contributed by atoms with Gasteiger partial charge in [-0.3, -0.25) is 5.43 Å². The van der Waals surface area contributed by atoms with Crippen molar-refractivity contribution in [1.82, 2.24) is 9.97 Å². The molecule has 0 unspecified atom stereocenters. The summed E-state index contributed by atoms with van der Waals surface area (Å²) < 4.78 is 0. The summed E-state index contributed by atoms with van der Waals surface area (Å²) in [6.45, 7) is 5.25. The van der Waals surface area contributed by atoms with Gasteiger partial charge in [-0.25, -0.2) is 10.8 Å². The molecule has 0 amide bonds. The third-order valence-electron chi connectivity index (χ3n) is 2.88. The maximum atomic E-state index is 5.44. The van der Waals surface area contributed by atoms with Crippen LogP contribution in [0.15, 0.2) is 6.07 Å². The number of hydrogen-bond acceptors (Lipinski definition) is 7. The number of fused-ring (bicyclic) bond motifs is 1. The molecule has 0 spiro atoms. The number of thioether (sulfide) groups is 1. The molecular weight excluding hydrogens is 290 g/mol. The predicted octanol–water partition coefficient (Wildman–Crippen LogP) is 3.09. The van der Waals surface area contributed by atoms with Crippen LogP contribution in [-0.4, -0.2) is 28.0 Å². The molecule has 0 aliphatic carbocycles. The lowest BCUT2D eigenvalue weighted by Crippen LogP contribution is -2.12. The van der Waals surface area contributed by atoms with E-state index >= 15 is 0 Å². The smallest absolute Gasteiger partial charge is 0.240 e. The van der Waals surface area contributed by atoms with Crippen LogP contribution >= 0.6 is 23.1 Å². The Hall–Kier alpha value is -1.05. The molecule has 0 aliphatic heterocycles. The summed E-state index contributed by atoms with van der Waals surface area (Å²) in [5.41, 5.74) is 2.54. The molecule has 0 bridgehead atoms. The number of aromatic nitrogens is 2. The Bertz CT molecular complexity index is 555. The lowest BCUT2D eigenvalue weighted by atomic mass is 10.3. The molecule has 0 aromatic carbocycles. The van der Waals surface area contributed by atoms with Crippen molar-refractivity contribution in [2.75, 3.05) is 28.8 Å². The number of hydrazine groups is 1. The van der Waals surface area contributed by atoms with Crippen molar-refractivity contribution in [2.45, 2.75) is 26.7 Å². The van der Waals surface area contributed by atoms with Gasteiger partial charge in [-0.2, -0.15) is 16.7 Å². The number of nitrogens with zero attached hydrogens (tertiary/aromatic N) is 2. The molecule has 20 heavy (non-hydrogen) atoms. The van der Waals surface area contributed by atoms with Crippen LogP contribution in [0.5, 0.6) is 0 Å². The Morgan fingerprint density at radius 1 is 1.35 bits per heavy atom. The standard InChI is InChI=1S/C13H21N5S2/c1-3-9-8-10-11(15-6-5-7-19-4-2)16-13(18-14)17-12(10)20-9/h8H,3-7,14H2,1-2H3,(H2,15,16,17,18). The molecule has 2 aromatic heterocycles. The van der Waals surface area contributed by atoms with Gasteiger partial charge in [-0.05, 0) is 30.4 Å². The van der Waals surface area contributed by atoms with E-state index in [-0.39, 0.29) is 0 Å². The van der Waals surface area contributed by atoms with Crippen molar-refractivity contribution in [2.24, 2.45) is 5.84 Å². The van der Waals surface area contributed by atoms with Crippen LogP contribution in [0.4, 0.5) is 11.8 Å². The van der Waals surface area contributed by atoms with Crippen LogP contribution in [-0.2, 0) is 6.42 Å². The number of hydrogen-bond donors (Lipinski definition) is 3. The summed E-state index contributed by atoms with van der Waals surface area (Å²) in [7, 11) is 0. The maximum Gasteiger partial charge on any atom is 0.240 e. The van der Waals surface area contributed by atoms with Crippen LogP contribution in [0.25, 0.3) is 10.2 Å². The van der Waals surface area contributed by atoms with Crippen LogP contribution in [0.3, 0.4) is 0 Å². The average Bonchev–Trinajstić information content (AvgIpc) is 2.89. The molecule has 0 radical (unpaired) electrons. The molecule has 0 aliphatic rings. The zero-order valence-electron chi connectivity index (χ0n) is 11.9. The SMILES string of the molecule is CCSCCCNc1nc(NN)nc2sc(CC)cc12. The highest BCUT2D eigenvalue weighted by atomic mass is 32.2. The van der Waals surface area contributed by atoms with Gasteiger partial charge in [0.05, 0.1) is 5.39 Å². The Kier molecular flexibility index (Phi) is 5.87. The molecule has 110 valence electrons. The quantitative estimate of drug-likeness (QED) is 0.395. The summed E-state index contributed by atoms with van der Waals surface area (Å²) >= 11 is 3.66. The first-order valence-electron chi connectivity index (χ1n) is 6.87. The zero-order valence-corrected chi connectivity index (χ0v) is 13.5. The molecule has 2 rings (SSSR count). The van der Waals surface area contributed by atoms with Crippen molar-refractivity contribution in [3.8, 4) is 0 Å². The highest BCUT2D eigenvalue weighted by molar-refractivity contribution is 7.99. The second kappa shape index (κ2) is 7.66. The van der Waals surface area contributed by atoms with Crippen molar-refractivity contribution in [3.05, 3.63) is 10.9 Å². The minimum absolute atomic E-state index is 0.465.